The summed E-state index contributed by atoms with van der Waals surface area (Å²) >= 11 is 0. The predicted molar refractivity (Wildman–Crippen MR) is 124 cm³/mol. The van der Waals surface area contributed by atoms with Gasteiger partial charge in [-0.25, -0.2) is 26.3 Å². The summed E-state index contributed by atoms with van der Waals surface area (Å²) in [7, 11) is 0. The molecule has 5 aliphatic rings. The average Bonchev–Trinajstić information content (AvgIpc) is 3.67. The van der Waals surface area contributed by atoms with E-state index in [1.165, 1.54) is 25.7 Å². The molecule has 5 rings (SSSR count). The SMILES string of the molecule is FC1CC(OC(F)(F)C2C(F)CC(C3CCC(C4CCC(C5CC5)CC4)CC3F)CC2F)CC(F)C1F. The van der Waals surface area contributed by atoms with Crippen LogP contribution in [0.25, 0.3) is 0 Å². The van der Waals surface area contributed by atoms with Crippen LogP contribution in [0.2, 0.25) is 0 Å². The van der Waals surface area contributed by atoms with Crippen molar-refractivity contribution in [3.8, 4) is 0 Å². The highest BCUT2D eigenvalue weighted by atomic mass is 19.3. The van der Waals surface area contributed by atoms with Crippen LogP contribution in [0.15, 0.2) is 0 Å². The van der Waals surface area contributed by atoms with Crippen LogP contribution in [0.5, 0.6) is 0 Å². The van der Waals surface area contributed by atoms with Crippen LogP contribution < -0.4 is 0 Å². The van der Waals surface area contributed by atoms with Gasteiger partial charge >= 0.3 is 6.11 Å². The maximum Gasteiger partial charge on any atom is 0.364 e. The molecule has 214 valence electrons. The molecule has 5 aliphatic carbocycles. The molecular weight excluding hydrogens is 504 g/mol. The fourth-order valence-electron chi connectivity index (χ4n) is 8.23. The molecule has 0 bridgehead atoms. The van der Waals surface area contributed by atoms with E-state index in [9.17, 15) is 22.0 Å². The van der Waals surface area contributed by atoms with E-state index in [2.05, 4.69) is 4.74 Å². The Bertz CT molecular complexity index is 732. The summed E-state index contributed by atoms with van der Waals surface area (Å²) in [6.45, 7) is 0. The van der Waals surface area contributed by atoms with E-state index >= 15 is 13.2 Å². The lowest BCUT2D eigenvalue weighted by atomic mass is 9.63. The van der Waals surface area contributed by atoms with Crippen molar-refractivity contribution in [3.05, 3.63) is 0 Å². The minimum Gasteiger partial charge on any atom is -0.317 e. The molecule has 0 aliphatic heterocycles. The summed E-state index contributed by atoms with van der Waals surface area (Å²) in [6, 6.07) is 0. The molecule has 0 saturated heterocycles. The highest BCUT2D eigenvalue weighted by molar-refractivity contribution is 4.98. The third-order valence-corrected chi connectivity index (χ3v) is 10.5. The van der Waals surface area contributed by atoms with Crippen molar-refractivity contribution in [2.45, 2.75) is 133 Å². The number of rotatable bonds is 6. The molecule has 0 spiro atoms. The summed E-state index contributed by atoms with van der Waals surface area (Å²) in [5.41, 5.74) is 0. The smallest absolute Gasteiger partial charge is 0.317 e. The molecule has 7 unspecified atom stereocenters. The van der Waals surface area contributed by atoms with E-state index in [4.69, 9.17) is 0 Å². The molecule has 9 heteroatoms. The number of alkyl halides is 8. The first-order chi connectivity index (χ1) is 17.5. The molecular formula is C28H40F8O. The van der Waals surface area contributed by atoms with Crippen LogP contribution in [-0.2, 0) is 4.74 Å². The number of ether oxygens (including phenoxy) is 1. The van der Waals surface area contributed by atoms with Gasteiger partial charge in [0, 0.05) is 12.8 Å². The van der Waals surface area contributed by atoms with Gasteiger partial charge in [0.2, 0.25) is 0 Å². The van der Waals surface area contributed by atoms with Gasteiger partial charge < -0.3 is 4.74 Å². The molecule has 0 N–H and O–H groups in total. The quantitative estimate of drug-likeness (QED) is 0.305. The van der Waals surface area contributed by atoms with Crippen LogP contribution in [0.4, 0.5) is 35.1 Å². The molecule has 37 heavy (non-hydrogen) atoms. The van der Waals surface area contributed by atoms with Gasteiger partial charge in [-0.05, 0) is 106 Å². The Balaban J connectivity index is 1.13. The first-order valence-corrected chi connectivity index (χ1v) is 14.4. The van der Waals surface area contributed by atoms with Crippen LogP contribution >= 0.6 is 0 Å². The Morgan fingerprint density at radius 1 is 0.459 bits per heavy atom. The monoisotopic (exact) mass is 544 g/mol. The van der Waals surface area contributed by atoms with E-state index < -0.39 is 79.8 Å². The Morgan fingerprint density at radius 3 is 1.38 bits per heavy atom. The van der Waals surface area contributed by atoms with Crippen LogP contribution in [0, 0.1) is 41.4 Å². The van der Waals surface area contributed by atoms with Gasteiger partial charge in [-0.3, -0.25) is 0 Å². The third kappa shape index (κ3) is 6.11. The Kier molecular flexibility index (Phi) is 8.39. The van der Waals surface area contributed by atoms with Crippen molar-refractivity contribution >= 4 is 0 Å². The van der Waals surface area contributed by atoms with Gasteiger partial charge in [0.15, 0.2) is 6.17 Å². The van der Waals surface area contributed by atoms with Crippen molar-refractivity contribution in [1.29, 1.82) is 0 Å². The lowest BCUT2D eigenvalue weighted by molar-refractivity contribution is -0.323. The van der Waals surface area contributed by atoms with Crippen molar-refractivity contribution < 1.29 is 39.9 Å². The molecule has 5 fully saturated rings. The van der Waals surface area contributed by atoms with Crippen LogP contribution in [-0.4, -0.2) is 49.2 Å². The first-order valence-electron chi connectivity index (χ1n) is 14.4. The minimum absolute atomic E-state index is 0.279. The summed E-state index contributed by atoms with van der Waals surface area (Å²) in [5.74, 6) is -1.16. The highest BCUT2D eigenvalue weighted by Crippen LogP contribution is 2.52. The summed E-state index contributed by atoms with van der Waals surface area (Å²) in [5, 5.41) is 0. The van der Waals surface area contributed by atoms with Crippen molar-refractivity contribution in [1.82, 2.24) is 0 Å². The molecule has 5 saturated carbocycles. The normalized spacial score (nSPS) is 50.1. The second-order valence-corrected chi connectivity index (χ2v) is 12.8. The van der Waals surface area contributed by atoms with Gasteiger partial charge in [0.25, 0.3) is 0 Å². The Labute approximate surface area is 214 Å². The number of halogens is 8. The van der Waals surface area contributed by atoms with Crippen molar-refractivity contribution in [2.75, 3.05) is 0 Å². The molecule has 0 radical (unpaired) electrons. The largest absolute Gasteiger partial charge is 0.364 e. The van der Waals surface area contributed by atoms with Crippen LogP contribution in [0.3, 0.4) is 0 Å². The average molecular weight is 545 g/mol. The van der Waals surface area contributed by atoms with E-state index in [0.29, 0.717) is 18.8 Å². The van der Waals surface area contributed by atoms with Gasteiger partial charge in [-0.1, -0.05) is 0 Å². The van der Waals surface area contributed by atoms with Gasteiger partial charge in [0.05, 0.1) is 6.10 Å². The lowest BCUT2D eigenvalue weighted by Crippen LogP contribution is -2.52. The molecule has 0 aromatic heterocycles. The van der Waals surface area contributed by atoms with E-state index in [0.717, 1.165) is 31.1 Å². The zero-order valence-corrected chi connectivity index (χ0v) is 21.2. The van der Waals surface area contributed by atoms with Crippen molar-refractivity contribution in [3.63, 3.8) is 0 Å². The summed E-state index contributed by atoms with van der Waals surface area (Å²) in [4.78, 5) is 0. The van der Waals surface area contributed by atoms with Crippen LogP contribution in [0.1, 0.15) is 83.5 Å². The fraction of sp³-hybridized carbons (Fsp3) is 1.00. The predicted octanol–water partition coefficient (Wildman–Crippen LogP) is 8.45. The van der Waals surface area contributed by atoms with E-state index in [1.54, 1.807) is 0 Å². The third-order valence-electron chi connectivity index (χ3n) is 10.5. The Hall–Kier alpha value is -0.600. The second kappa shape index (κ2) is 11.1. The second-order valence-electron chi connectivity index (χ2n) is 12.8. The molecule has 7 atom stereocenters. The standard InChI is InChI=1S/C28H40F8O/c29-21-9-17(16-5-3-15(4-6-16)14-1-2-14)7-8-20(21)18-10-22(30)26(23(31)11-18)28(35,36)37-19-12-24(32)27(34)25(33)13-19/h14-27H,1-13H2. The molecule has 0 amide bonds. The molecule has 0 aromatic rings. The zero-order valence-electron chi connectivity index (χ0n) is 21.2. The number of hydrogen-bond acceptors (Lipinski definition) is 1. The summed E-state index contributed by atoms with van der Waals surface area (Å²) in [6.07, 6.45) is -12.1. The van der Waals surface area contributed by atoms with E-state index in [-0.39, 0.29) is 18.8 Å². The maximum absolute atomic E-state index is 15.3. The Morgan fingerprint density at radius 2 is 0.892 bits per heavy atom. The molecule has 0 heterocycles. The van der Waals surface area contributed by atoms with Crippen molar-refractivity contribution in [2.24, 2.45) is 41.4 Å². The summed E-state index contributed by atoms with van der Waals surface area (Å²) < 4.78 is 120. The first kappa shape index (κ1) is 27.9. The lowest BCUT2D eigenvalue weighted by Gasteiger charge is -2.45. The van der Waals surface area contributed by atoms with E-state index in [1.807, 2.05) is 0 Å². The molecule has 0 aromatic carbocycles. The number of hydrogen-bond donors (Lipinski definition) is 0. The fourth-order valence-corrected chi connectivity index (χ4v) is 8.23. The molecule has 1 nitrogen and oxygen atoms in total. The minimum atomic E-state index is -4.30. The zero-order chi connectivity index (χ0) is 26.5. The van der Waals surface area contributed by atoms with Gasteiger partial charge in [0.1, 0.15) is 36.8 Å². The van der Waals surface area contributed by atoms with Gasteiger partial charge in [-0.15, -0.1) is 0 Å². The van der Waals surface area contributed by atoms with Gasteiger partial charge in [-0.2, -0.15) is 8.78 Å². The topological polar surface area (TPSA) is 9.23 Å². The highest BCUT2D eigenvalue weighted by Gasteiger charge is 2.57. The maximum atomic E-state index is 15.3.